The van der Waals surface area contributed by atoms with E-state index in [1.807, 2.05) is 0 Å². The Morgan fingerprint density at radius 3 is 2.33 bits per heavy atom. The van der Waals surface area contributed by atoms with Crippen molar-refractivity contribution in [3.63, 3.8) is 0 Å². The van der Waals surface area contributed by atoms with Crippen LogP contribution < -0.4 is 0 Å². The number of carbonyl (C=O) groups is 1. The van der Waals surface area contributed by atoms with Crippen molar-refractivity contribution < 1.29 is 4.79 Å². The van der Waals surface area contributed by atoms with Crippen LogP contribution in [-0.2, 0) is 4.79 Å². The van der Waals surface area contributed by atoms with Crippen molar-refractivity contribution in [2.45, 2.75) is 119 Å². The number of rotatable bonds is 6. The number of hydrogen-bond donors (Lipinski definition) is 0. The molecule has 0 unspecified atom stereocenters. The van der Waals surface area contributed by atoms with E-state index in [2.05, 4.69) is 41.5 Å². The second-order valence-corrected chi connectivity index (χ2v) is 13.1. The first kappa shape index (κ1) is 22.8. The Bertz CT molecular complexity index is 622. The highest BCUT2D eigenvalue weighted by Crippen LogP contribution is 2.68. The topological polar surface area (TPSA) is 17.1 Å². The fourth-order valence-electron chi connectivity index (χ4n) is 9.71. The average molecular weight is 415 g/mol. The standard InChI is InChI=1S/C29H50O/c1-7-21(19(2)3)9-8-20(4)25-12-13-26-24-11-10-22-18-23(30)14-16-28(22,5)27(24)15-17-29(25,26)6/h19-22,24-27H,7-18H2,1-6H3/t20-,21+,22+,24+,25-,26+,27+,28+,29-/m1/s1. The summed E-state index contributed by atoms with van der Waals surface area (Å²) in [6.45, 7) is 15.1. The zero-order chi connectivity index (χ0) is 21.7. The summed E-state index contributed by atoms with van der Waals surface area (Å²) in [7, 11) is 0. The van der Waals surface area contributed by atoms with E-state index in [1.165, 1.54) is 64.2 Å². The third-order valence-electron chi connectivity index (χ3n) is 11.7. The lowest BCUT2D eigenvalue weighted by atomic mass is 9.44. The van der Waals surface area contributed by atoms with Gasteiger partial charge in [-0.1, -0.05) is 54.4 Å². The molecule has 0 radical (unpaired) electrons. The van der Waals surface area contributed by atoms with Gasteiger partial charge in [0.05, 0.1) is 0 Å². The van der Waals surface area contributed by atoms with Crippen LogP contribution in [0.15, 0.2) is 0 Å². The molecule has 0 aromatic carbocycles. The van der Waals surface area contributed by atoms with Gasteiger partial charge in [-0.15, -0.1) is 0 Å². The van der Waals surface area contributed by atoms with Crippen molar-refractivity contribution in [1.29, 1.82) is 0 Å². The van der Waals surface area contributed by atoms with Gasteiger partial charge in [0.1, 0.15) is 5.78 Å². The molecular formula is C29H50O. The highest BCUT2D eigenvalue weighted by molar-refractivity contribution is 5.79. The predicted octanol–water partition coefficient (Wildman–Crippen LogP) is 8.31. The molecule has 4 rings (SSSR count). The second-order valence-electron chi connectivity index (χ2n) is 13.1. The van der Waals surface area contributed by atoms with Gasteiger partial charge in [-0.2, -0.15) is 0 Å². The molecule has 0 heterocycles. The zero-order valence-corrected chi connectivity index (χ0v) is 21.0. The Labute approximate surface area is 187 Å². The van der Waals surface area contributed by atoms with Crippen LogP contribution in [0.1, 0.15) is 119 Å². The fraction of sp³-hybridized carbons (Fsp3) is 0.966. The largest absolute Gasteiger partial charge is 0.300 e. The molecule has 4 fully saturated rings. The molecule has 0 saturated heterocycles. The fourth-order valence-corrected chi connectivity index (χ4v) is 9.71. The van der Waals surface area contributed by atoms with Crippen LogP contribution in [0.5, 0.6) is 0 Å². The Morgan fingerprint density at radius 1 is 0.900 bits per heavy atom. The van der Waals surface area contributed by atoms with E-state index in [-0.39, 0.29) is 0 Å². The normalized spacial score (nSPS) is 45.6. The van der Waals surface area contributed by atoms with Gasteiger partial charge in [-0.05, 0) is 110 Å². The maximum Gasteiger partial charge on any atom is 0.133 e. The highest BCUT2D eigenvalue weighted by Gasteiger charge is 2.60. The van der Waals surface area contributed by atoms with E-state index >= 15 is 0 Å². The molecule has 172 valence electrons. The molecule has 0 bridgehead atoms. The zero-order valence-electron chi connectivity index (χ0n) is 21.0. The molecule has 0 aromatic rings. The molecular weight excluding hydrogens is 364 g/mol. The molecule has 0 spiro atoms. The van der Waals surface area contributed by atoms with Crippen molar-refractivity contribution in [2.24, 2.45) is 58.2 Å². The van der Waals surface area contributed by atoms with Gasteiger partial charge in [0.15, 0.2) is 0 Å². The third-order valence-corrected chi connectivity index (χ3v) is 11.7. The average Bonchev–Trinajstić information content (AvgIpc) is 3.06. The summed E-state index contributed by atoms with van der Waals surface area (Å²) >= 11 is 0. The summed E-state index contributed by atoms with van der Waals surface area (Å²) in [5.74, 6) is 7.67. The first-order valence-corrected chi connectivity index (χ1v) is 13.7. The molecule has 4 aliphatic rings. The van der Waals surface area contributed by atoms with Crippen LogP contribution in [0.25, 0.3) is 0 Å². The van der Waals surface area contributed by atoms with Crippen molar-refractivity contribution >= 4 is 5.78 Å². The molecule has 4 saturated carbocycles. The van der Waals surface area contributed by atoms with E-state index in [1.54, 1.807) is 0 Å². The summed E-state index contributed by atoms with van der Waals surface area (Å²) in [5.41, 5.74) is 1.06. The van der Waals surface area contributed by atoms with Gasteiger partial charge in [-0.25, -0.2) is 0 Å². The van der Waals surface area contributed by atoms with Crippen molar-refractivity contribution in [3.05, 3.63) is 0 Å². The summed E-state index contributed by atoms with van der Waals surface area (Å²) in [6.07, 6.45) is 15.8. The smallest absolute Gasteiger partial charge is 0.133 e. The minimum atomic E-state index is 0.466. The molecule has 4 aliphatic carbocycles. The lowest BCUT2D eigenvalue weighted by Crippen LogP contribution is -2.53. The van der Waals surface area contributed by atoms with Crippen LogP contribution in [0.2, 0.25) is 0 Å². The van der Waals surface area contributed by atoms with Crippen LogP contribution in [0, 0.1) is 58.2 Å². The summed E-state index contributed by atoms with van der Waals surface area (Å²) in [5, 5.41) is 0. The molecule has 1 nitrogen and oxygen atoms in total. The number of Topliss-reactive ketones (excluding diaryl/α,β-unsaturated/α-hetero) is 1. The van der Waals surface area contributed by atoms with Crippen LogP contribution >= 0.6 is 0 Å². The Kier molecular flexibility index (Phi) is 6.51. The number of hydrogen-bond acceptors (Lipinski definition) is 1. The Morgan fingerprint density at radius 2 is 1.63 bits per heavy atom. The molecule has 0 aliphatic heterocycles. The molecule has 0 N–H and O–H groups in total. The molecule has 9 atom stereocenters. The van der Waals surface area contributed by atoms with Crippen molar-refractivity contribution in [3.8, 4) is 0 Å². The molecule has 0 amide bonds. The summed E-state index contributed by atoms with van der Waals surface area (Å²) in [4.78, 5) is 12.1. The lowest BCUT2D eigenvalue weighted by Gasteiger charge is -2.60. The van der Waals surface area contributed by atoms with Crippen LogP contribution in [0.4, 0.5) is 0 Å². The Hall–Kier alpha value is -0.330. The maximum absolute atomic E-state index is 12.1. The lowest BCUT2D eigenvalue weighted by molar-refractivity contribution is -0.140. The van der Waals surface area contributed by atoms with E-state index < -0.39 is 0 Å². The van der Waals surface area contributed by atoms with Gasteiger partial charge < -0.3 is 0 Å². The van der Waals surface area contributed by atoms with E-state index in [0.29, 0.717) is 22.5 Å². The van der Waals surface area contributed by atoms with Gasteiger partial charge in [0.2, 0.25) is 0 Å². The number of ketones is 1. The van der Waals surface area contributed by atoms with Crippen molar-refractivity contribution in [2.75, 3.05) is 0 Å². The summed E-state index contributed by atoms with van der Waals surface area (Å²) < 4.78 is 0. The van der Waals surface area contributed by atoms with Crippen LogP contribution in [-0.4, -0.2) is 5.78 Å². The third kappa shape index (κ3) is 3.73. The minimum absolute atomic E-state index is 0.466. The SMILES string of the molecule is CC[C@@H](CC[C@@H](C)[C@H]1CC[C@H]2[C@@H]3CC[C@H]4CC(=O)CC[C@]4(C)[C@H]3CC[C@]12C)C(C)C. The maximum atomic E-state index is 12.1. The highest BCUT2D eigenvalue weighted by atomic mass is 16.1. The number of carbonyl (C=O) groups excluding carboxylic acids is 1. The summed E-state index contributed by atoms with van der Waals surface area (Å²) in [6, 6.07) is 0. The first-order chi connectivity index (χ1) is 14.2. The van der Waals surface area contributed by atoms with E-state index in [9.17, 15) is 4.79 Å². The number of fused-ring (bicyclic) bond motifs is 5. The molecule has 0 aromatic heterocycles. The monoisotopic (exact) mass is 414 g/mol. The van der Waals surface area contributed by atoms with Gasteiger partial charge in [0.25, 0.3) is 0 Å². The predicted molar refractivity (Wildman–Crippen MR) is 127 cm³/mol. The molecule has 30 heavy (non-hydrogen) atoms. The van der Waals surface area contributed by atoms with E-state index in [0.717, 1.165) is 54.3 Å². The first-order valence-electron chi connectivity index (χ1n) is 13.7. The molecule has 1 heteroatoms. The van der Waals surface area contributed by atoms with Gasteiger partial charge in [-0.3, -0.25) is 4.79 Å². The van der Waals surface area contributed by atoms with Gasteiger partial charge >= 0.3 is 0 Å². The van der Waals surface area contributed by atoms with E-state index in [4.69, 9.17) is 0 Å². The van der Waals surface area contributed by atoms with Crippen molar-refractivity contribution in [1.82, 2.24) is 0 Å². The minimum Gasteiger partial charge on any atom is -0.300 e. The quantitative estimate of drug-likeness (QED) is 0.427. The second kappa shape index (κ2) is 8.55. The Balaban J connectivity index is 1.45. The van der Waals surface area contributed by atoms with Crippen LogP contribution in [0.3, 0.4) is 0 Å². The van der Waals surface area contributed by atoms with Gasteiger partial charge in [0, 0.05) is 12.8 Å².